The number of aliphatic carboxylic acids is 1. The zero-order chi connectivity index (χ0) is 14.8. The molecular formula is C13H12N2O5S. The molecule has 0 aliphatic carbocycles. The lowest BCUT2D eigenvalue weighted by molar-refractivity contribution is -0.154. The number of hydrogen-bond donors (Lipinski definition) is 1. The Labute approximate surface area is 123 Å². The molecule has 110 valence electrons. The quantitative estimate of drug-likeness (QED) is 0.919. The molecule has 1 saturated heterocycles. The van der Waals surface area contributed by atoms with Gasteiger partial charge in [0.2, 0.25) is 0 Å². The van der Waals surface area contributed by atoms with Crippen LogP contribution in [0.15, 0.2) is 29.0 Å². The number of morpholine rings is 1. The van der Waals surface area contributed by atoms with Gasteiger partial charge in [0.05, 0.1) is 25.6 Å². The number of amides is 1. The number of carboxylic acid groups (broad SMARTS) is 1. The lowest BCUT2D eigenvalue weighted by Crippen LogP contribution is -2.48. The van der Waals surface area contributed by atoms with E-state index in [4.69, 9.17) is 14.3 Å². The third-order valence-electron chi connectivity index (χ3n) is 3.08. The summed E-state index contributed by atoms with van der Waals surface area (Å²) in [4.78, 5) is 29.4. The van der Waals surface area contributed by atoms with Crippen LogP contribution < -0.4 is 0 Å². The van der Waals surface area contributed by atoms with Crippen LogP contribution in [0.2, 0.25) is 0 Å². The van der Waals surface area contributed by atoms with Gasteiger partial charge in [0.1, 0.15) is 4.88 Å². The second kappa shape index (κ2) is 5.66. The SMILES string of the molecule is O=C(O)[C@@H]1CN(C(=O)c2cnc(-c3ccco3)s2)CCO1. The fraction of sp³-hybridized carbons (Fsp3) is 0.308. The summed E-state index contributed by atoms with van der Waals surface area (Å²) in [7, 11) is 0. The van der Waals surface area contributed by atoms with Crippen molar-refractivity contribution in [2.24, 2.45) is 0 Å². The topological polar surface area (TPSA) is 92.9 Å². The monoisotopic (exact) mass is 308 g/mol. The van der Waals surface area contributed by atoms with Gasteiger partial charge in [0.25, 0.3) is 5.91 Å². The Hall–Kier alpha value is -2.19. The normalized spacial score (nSPS) is 18.7. The van der Waals surface area contributed by atoms with E-state index in [1.807, 2.05) is 0 Å². The van der Waals surface area contributed by atoms with Crippen LogP contribution in [-0.2, 0) is 9.53 Å². The fourth-order valence-corrected chi connectivity index (χ4v) is 2.88. The smallest absolute Gasteiger partial charge is 0.334 e. The zero-order valence-electron chi connectivity index (χ0n) is 10.9. The van der Waals surface area contributed by atoms with Crippen molar-refractivity contribution in [3.05, 3.63) is 29.5 Å². The summed E-state index contributed by atoms with van der Waals surface area (Å²) in [5.41, 5.74) is 0. The van der Waals surface area contributed by atoms with Crippen LogP contribution in [0.5, 0.6) is 0 Å². The highest BCUT2D eigenvalue weighted by Gasteiger charge is 2.30. The molecule has 3 heterocycles. The summed E-state index contributed by atoms with van der Waals surface area (Å²) in [5, 5.41) is 9.57. The molecule has 0 saturated carbocycles. The highest BCUT2D eigenvalue weighted by Crippen LogP contribution is 2.26. The molecule has 7 nitrogen and oxygen atoms in total. The van der Waals surface area contributed by atoms with Crippen molar-refractivity contribution in [1.82, 2.24) is 9.88 Å². The van der Waals surface area contributed by atoms with Gasteiger partial charge in [-0.05, 0) is 12.1 Å². The number of carbonyl (C=O) groups excluding carboxylic acids is 1. The minimum Gasteiger partial charge on any atom is -0.479 e. The van der Waals surface area contributed by atoms with Crippen molar-refractivity contribution >= 4 is 23.2 Å². The van der Waals surface area contributed by atoms with E-state index in [9.17, 15) is 9.59 Å². The molecule has 0 spiro atoms. The predicted octanol–water partition coefficient (Wildman–Crippen LogP) is 1.33. The highest BCUT2D eigenvalue weighted by molar-refractivity contribution is 7.16. The maximum atomic E-state index is 12.4. The summed E-state index contributed by atoms with van der Waals surface area (Å²) in [6.07, 6.45) is 2.05. The Kier molecular flexibility index (Phi) is 3.72. The lowest BCUT2D eigenvalue weighted by Gasteiger charge is -2.30. The van der Waals surface area contributed by atoms with E-state index in [0.717, 1.165) is 0 Å². The van der Waals surface area contributed by atoms with Gasteiger partial charge < -0.3 is 19.2 Å². The molecule has 1 fully saturated rings. The molecule has 3 rings (SSSR count). The number of carboxylic acids is 1. The minimum absolute atomic E-state index is 0.0438. The van der Waals surface area contributed by atoms with Crippen molar-refractivity contribution in [3.8, 4) is 10.8 Å². The molecule has 8 heteroatoms. The van der Waals surface area contributed by atoms with Crippen LogP contribution in [0.4, 0.5) is 0 Å². The molecule has 2 aromatic heterocycles. The van der Waals surface area contributed by atoms with E-state index < -0.39 is 12.1 Å². The number of hydrogen-bond acceptors (Lipinski definition) is 6. The van der Waals surface area contributed by atoms with Crippen LogP contribution in [0.3, 0.4) is 0 Å². The first-order chi connectivity index (χ1) is 10.1. The van der Waals surface area contributed by atoms with Crippen molar-refractivity contribution in [2.45, 2.75) is 6.10 Å². The largest absolute Gasteiger partial charge is 0.479 e. The van der Waals surface area contributed by atoms with Gasteiger partial charge in [-0.25, -0.2) is 9.78 Å². The molecule has 1 aliphatic rings. The third-order valence-corrected chi connectivity index (χ3v) is 4.08. The van der Waals surface area contributed by atoms with Gasteiger partial charge in [-0.1, -0.05) is 0 Å². The second-order valence-electron chi connectivity index (χ2n) is 4.46. The first kappa shape index (κ1) is 13.8. The van der Waals surface area contributed by atoms with E-state index in [-0.39, 0.29) is 19.1 Å². The van der Waals surface area contributed by atoms with Crippen LogP contribution >= 0.6 is 11.3 Å². The average molecular weight is 308 g/mol. The lowest BCUT2D eigenvalue weighted by atomic mass is 10.2. The Morgan fingerprint density at radius 1 is 1.48 bits per heavy atom. The van der Waals surface area contributed by atoms with E-state index in [1.54, 1.807) is 12.1 Å². The van der Waals surface area contributed by atoms with Gasteiger partial charge in [-0.15, -0.1) is 11.3 Å². The summed E-state index contributed by atoms with van der Waals surface area (Å²) in [5.74, 6) is -0.697. The van der Waals surface area contributed by atoms with Crippen LogP contribution in [0.1, 0.15) is 9.67 Å². The van der Waals surface area contributed by atoms with Gasteiger partial charge in [0, 0.05) is 6.54 Å². The van der Waals surface area contributed by atoms with E-state index in [0.29, 0.717) is 22.2 Å². The van der Waals surface area contributed by atoms with Crippen LogP contribution in [0, 0.1) is 0 Å². The maximum Gasteiger partial charge on any atom is 0.334 e. The van der Waals surface area contributed by atoms with Gasteiger partial charge in [-0.3, -0.25) is 4.79 Å². The molecule has 1 aliphatic heterocycles. The first-order valence-corrected chi connectivity index (χ1v) is 7.10. The summed E-state index contributed by atoms with van der Waals surface area (Å²) >= 11 is 1.22. The summed E-state index contributed by atoms with van der Waals surface area (Å²) in [6, 6.07) is 3.51. The summed E-state index contributed by atoms with van der Waals surface area (Å²) < 4.78 is 10.3. The first-order valence-electron chi connectivity index (χ1n) is 6.28. The molecular weight excluding hydrogens is 296 g/mol. The minimum atomic E-state index is -1.06. The number of rotatable bonds is 3. The molecule has 0 bridgehead atoms. The Balaban J connectivity index is 1.74. The number of aromatic nitrogens is 1. The highest BCUT2D eigenvalue weighted by atomic mass is 32.1. The molecule has 2 aromatic rings. The van der Waals surface area contributed by atoms with Crippen molar-refractivity contribution < 1.29 is 23.8 Å². The van der Waals surface area contributed by atoms with Crippen molar-refractivity contribution in [1.29, 1.82) is 0 Å². The standard InChI is InChI=1S/C13H12N2O5S/c16-12(15-3-5-20-9(7-15)13(17)18)10-6-14-11(21-10)8-2-1-4-19-8/h1-2,4,6,9H,3,5,7H2,(H,17,18)/t9-/m0/s1. The number of furan rings is 1. The van der Waals surface area contributed by atoms with Crippen molar-refractivity contribution in [2.75, 3.05) is 19.7 Å². The molecule has 0 radical (unpaired) electrons. The number of carbonyl (C=O) groups is 2. The molecule has 0 unspecified atom stereocenters. The van der Waals surface area contributed by atoms with Crippen LogP contribution in [-0.4, -0.2) is 52.7 Å². The van der Waals surface area contributed by atoms with E-state index >= 15 is 0 Å². The molecule has 1 atom stereocenters. The predicted molar refractivity (Wildman–Crippen MR) is 73.1 cm³/mol. The van der Waals surface area contributed by atoms with E-state index in [2.05, 4.69) is 4.98 Å². The Morgan fingerprint density at radius 2 is 2.33 bits per heavy atom. The number of ether oxygens (including phenoxy) is 1. The van der Waals surface area contributed by atoms with Gasteiger partial charge >= 0.3 is 5.97 Å². The number of nitrogens with zero attached hydrogens (tertiary/aromatic N) is 2. The van der Waals surface area contributed by atoms with Crippen molar-refractivity contribution in [3.63, 3.8) is 0 Å². The third kappa shape index (κ3) is 2.81. The van der Waals surface area contributed by atoms with Gasteiger partial charge in [0.15, 0.2) is 16.9 Å². The molecule has 1 N–H and O–H groups in total. The maximum absolute atomic E-state index is 12.4. The molecule has 0 aromatic carbocycles. The number of thiazole rings is 1. The Morgan fingerprint density at radius 3 is 3.05 bits per heavy atom. The van der Waals surface area contributed by atoms with Gasteiger partial charge in [-0.2, -0.15) is 0 Å². The summed E-state index contributed by atoms with van der Waals surface area (Å²) in [6.45, 7) is 0.630. The molecule has 21 heavy (non-hydrogen) atoms. The van der Waals surface area contributed by atoms with Crippen LogP contribution in [0.25, 0.3) is 10.8 Å². The van der Waals surface area contributed by atoms with E-state index in [1.165, 1.54) is 28.7 Å². The zero-order valence-corrected chi connectivity index (χ0v) is 11.7. The second-order valence-corrected chi connectivity index (χ2v) is 5.49. The molecule has 1 amide bonds. The Bertz CT molecular complexity index is 651. The fourth-order valence-electron chi connectivity index (χ4n) is 2.03. The average Bonchev–Trinajstić information content (AvgIpc) is 3.17.